The molecule has 1 aliphatic rings. The lowest BCUT2D eigenvalue weighted by molar-refractivity contribution is -0.385. The van der Waals surface area contributed by atoms with Gasteiger partial charge in [0, 0.05) is 42.2 Å². The molecule has 0 N–H and O–H groups in total. The fourth-order valence-electron chi connectivity index (χ4n) is 2.10. The van der Waals surface area contributed by atoms with Gasteiger partial charge < -0.3 is 0 Å². The molecule has 0 aromatic heterocycles. The van der Waals surface area contributed by atoms with Crippen molar-refractivity contribution in [2.75, 3.05) is 6.54 Å². The zero-order valence-corrected chi connectivity index (χ0v) is 11.1. The number of hydrogen-bond acceptors (Lipinski definition) is 4. The molecule has 1 saturated carbocycles. The Bertz CT molecular complexity index is 523. The van der Waals surface area contributed by atoms with Crippen molar-refractivity contribution in [3.8, 4) is 6.07 Å². The van der Waals surface area contributed by atoms with Crippen molar-refractivity contribution >= 4 is 17.3 Å². The molecule has 0 aliphatic heterocycles. The zero-order valence-electron chi connectivity index (χ0n) is 10.4. The third-order valence-corrected chi connectivity index (χ3v) is 3.42. The Morgan fingerprint density at radius 1 is 1.53 bits per heavy atom. The standard InChI is InChI=1S/C13H14ClN3O2/c14-11-2-5-13(17(18)19)10(8-11)9-16(7-1-6-15)12-3-4-12/h2,5,8,12H,1,3-4,7,9H2. The van der Waals surface area contributed by atoms with Crippen molar-refractivity contribution in [3.05, 3.63) is 38.9 Å². The Morgan fingerprint density at radius 2 is 2.26 bits per heavy atom. The van der Waals surface area contributed by atoms with Crippen LogP contribution in [-0.2, 0) is 6.54 Å². The maximum atomic E-state index is 11.0. The molecule has 5 nitrogen and oxygen atoms in total. The molecule has 0 unspecified atom stereocenters. The molecule has 0 radical (unpaired) electrons. The molecule has 0 saturated heterocycles. The van der Waals surface area contributed by atoms with E-state index in [4.69, 9.17) is 16.9 Å². The van der Waals surface area contributed by atoms with E-state index < -0.39 is 0 Å². The highest BCUT2D eigenvalue weighted by Gasteiger charge is 2.30. The molecular formula is C13H14ClN3O2. The van der Waals surface area contributed by atoms with E-state index in [2.05, 4.69) is 11.0 Å². The van der Waals surface area contributed by atoms with E-state index in [-0.39, 0.29) is 10.6 Å². The molecule has 1 fully saturated rings. The van der Waals surface area contributed by atoms with Crippen LogP contribution in [-0.4, -0.2) is 22.4 Å². The summed E-state index contributed by atoms with van der Waals surface area (Å²) in [5.41, 5.74) is 0.703. The second-order valence-electron chi connectivity index (χ2n) is 4.64. The molecular weight excluding hydrogens is 266 g/mol. The number of nitrogens with zero attached hydrogens (tertiary/aromatic N) is 3. The van der Waals surface area contributed by atoms with Gasteiger partial charge in [-0.25, -0.2) is 0 Å². The van der Waals surface area contributed by atoms with Crippen molar-refractivity contribution in [3.63, 3.8) is 0 Å². The molecule has 100 valence electrons. The number of nitro groups is 1. The van der Waals surface area contributed by atoms with Gasteiger partial charge in [-0.2, -0.15) is 5.26 Å². The Labute approximate surface area is 116 Å². The van der Waals surface area contributed by atoms with Gasteiger partial charge in [-0.15, -0.1) is 0 Å². The van der Waals surface area contributed by atoms with Crippen molar-refractivity contribution in [1.82, 2.24) is 4.90 Å². The SMILES string of the molecule is N#CCCN(Cc1cc(Cl)ccc1[N+](=O)[O-])C1CC1. The molecule has 1 aromatic carbocycles. The number of rotatable bonds is 6. The van der Waals surface area contributed by atoms with Crippen molar-refractivity contribution in [2.24, 2.45) is 0 Å². The van der Waals surface area contributed by atoms with Crippen LogP contribution in [0.25, 0.3) is 0 Å². The number of hydrogen-bond donors (Lipinski definition) is 0. The second kappa shape index (κ2) is 6.00. The molecule has 2 rings (SSSR count). The van der Waals surface area contributed by atoms with Crippen molar-refractivity contribution in [1.29, 1.82) is 5.26 Å². The van der Waals surface area contributed by atoms with Gasteiger partial charge in [0.05, 0.1) is 11.0 Å². The van der Waals surface area contributed by atoms with E-state index in [1.807, 2.05) is 0 Å². The summed E-state index contributed by atoms with van der Waals surface area (Å²) in [6, 6.07) is 7.17. The van der Waals surface area contributed by atoms with Gasteiger partial charge in [-0.1, -0.05) is 11.6 Å². The van der Waals surface area contributed by atoms with Crippen LogP contribution in [0.15, 0.2) is 18.2 Å². The molecule has 1 aromatic rings. The van der Waals surface area contributed by atoms with E-state index >= 15 is 0 Å². The molecule has 0 bridgehead atoms. The van der Waals surface area contributed by atoms with Gasteiger partial charge in [0.2, 0.25) is 0 Å². The first-order chi connectivity index (χ1) is 9.11. The minimum Gasteiger partial charge on any atom is -0.295 e. The average molecular weight is 280 g/mol. The molecule has 0 atom stereocenters. The van der Waals surface area contributed by atoms with E-state index in [0.717, 1.165) is 12.8 Å². The van der Waals surface area contributed by atoms with Gasteiger partial charge in [-0.05, 0) is 25.0 Å². The molecule has 0 amide bonds. The van der Waals surface area contributed by atoms with Crippen LogP contribution in [0, 0.1) is 21.4 Å². The first-order valence-electron chi connectivity index (χ1n) is 6.15. The largest absolute Gasteiger partial charge is 0.295 e. The third-order valence-electron chi connectivity index (χ3n) is 3.19. The first kappa shape index (κ1) is 13.8. The van der Waals surface area contributed by atoms with Crippen LogP contribution in [0.1, 0.15) is 24.8 Å². The lowest BCUT2D eigenvalue weighted by Crippen LogP contribution is -2.26. The van der Waals surface area contributed by atoms with E-state index in [1.54, 1.807) is 6.07 Å². The third kappa shape index (κ3) is 3.66. The molecule has 0 heterocycles. The van der Waals surface area contributed by atoms with Crippen molar-refractivity contribution < 1.29 is 4.92 Å². The quantitative estimate of drug-likeness (QED) is 0.592. The van der Waals surface area contributed by atoms with Crippen LogP contribution in [0.2, 0.25) is 5.02 Å². The average Bonchev–Trinajstić information content (AvgIpc) is 3.18. The summed E-state index contributed by atoms with van der Waals surface area (Å²) in [7, 11) is 0. The molecule has 0 spiro atoms. The lowest BCUT2D eigenvalue weighted by atomic mass is 10.1. The smallest absolute Gasteiger partial charge is 0.273 e. The highest BCUT2D eigenvalue weighted by atomic mass is 35.5. The molecule has 19 heavy (non-hydrogen) atoms. The van der Waals surface area contributed by atoms with Gasteiger partial charge in [0.1, 0.15) is 0 Å². The number of benzene rings is 1. The summed E-state index contributed by atoms with van der Waals surface area (Å²) >= 11 is 5.91. The maximum Gasteiger partial charge on any atom is 0.273 e. The van der Waals surface area contributed by atoms with Crippen LogP contribution in [0.4, 0.5) is 5.69 Å². The summed E-state index contributed by atoms with van der Waals surface area (Å²) < 4.78 is 0. The second-order valence-corrected chi connectivity index (χ2v) is 5.08. The summed E-state index contributed by atoms with van der Waals surface area (Å²) in [5.74, 6) is 0. The van der Waals surface area contributed by atoms with Crippen LogP contribution in [0.3, 0.4) is 0 Å². The minimum atomic E-state index is -0.388. The normalized spacial score (nSPS) is 14.4. The lowest BCUT2D eigenvalue weighted by Gasteiger charge is -2.20. The predicted molar refractivity (Wildman–Crippen MR) is 71.8 cm³/mol. The van der Waals surface area contributed by atoms with Gasteiger partial charge in [0.15, 0.2) is 0 Å². The minimum absolute atomic E-state index is 0.0898. The van der Waals surface area contributed by atoms with E-state index in [9.17, 15) is 10.1 Å². The number of nitriles is 1. The van der Waals surface area contributed by atoms with Gasteiger partial charge >= 0.3 is 0 Å². The summed E-state index contributed by atoms with van der Waals surface area (Å²) in [6.07, 6.45) is 2.63. The highest BCUT2D eigenvalue weighted by Crippen LogP contribution is 2.31. The maximum absolute atomic E-state index is 11.0. The number of nitro benzene ring substituents is 1. The summed E-state index contributed by atoms with van der Waals surface area (Å²) in [5, 5.41) is 20.2. The van der Waals surface area contributed by atoms with Crippen LogP contribution < -0.4 is 0 Å². The summed E-state index contributed by atoms with van der Waals surface area (Å²) in [4.78, 5) is 12.7. The number of halogens is 1. The monoisotopic (exact) mass is 279 g/mol. The van der Waals surface area contributed by atoms with Crippen LogP contribution >= 0.6 is 11.6 Å². The Kier molecular flexibility index (Phi) is 4.35. The fraction of sp³-hybridized carbons (Fsp3) is 0.462. The molecule has 1 aliphatic carbocycles. The topological polar surface area (TPSA) is 70.2 Å². The zero-order chi connectivity index (χ0) is 13.8. The van der Waals surface area contributed by atoms with Crippen LogP contribution in [0.5, 0.6) is 0 Å². The highest BCUT2D eigenvalue weighted by molar-refractivity contribution is 6.30. The Balaban J connectivity index is 2.17. The Hall–Kier alpha value is -1.64. The predicted octanol–water partition coefficient (Wildman–Crippen LogP) is 3.13. The Morgan fingerprint density at radius 3 is 2.84 bits per heavy atom. The molecule has 6 heteroatoms. The fourth-order valence-corrected chi connectivity index (χ4v) is 2.30. The van der Waals surface area contributed by atoms with Crippen molar-refractivity contribution in [2.45, 2.75) is 31.8 Å². The van der Waals surface area contributed by atoms with Gasteiger partial charge in [0.25, 0.3) is 5.69 Å². The van der Waals surface area contributed by atoms with E-state index in [0.29, 0.717) is 36.1 Å². The summed E-state index contributed by atoms with van der Waals surface area (Å²) in [6.45, 7) is 1.12. The van der Waals surface area contributed by atoms with Gasteiger partial charge in [-0.3, -0.25) is 15.0 Å². The van der Waals surface area contributed by atoms with E-state index in [1.165, 1.54) is 12.1 Å². The first-order valence-corrected chi connectivity index (χ1v) is 6.53.